The van der Waals surface area contributed by atoms with Crippen molar-refractivity contribution in [2.45, 2.75) is 19.8 Å². The summed E-state index contributed by atoms with van der Waals surface area (Å²) >= 11 is 0. The number of nitrogens with one attached hydrogen (secondary N) is 1. The van der Waals surface area contributed by atoms with E-state index in [4.69, 9.17) is 6.42 Å². The van der Waals surface area contributed by atoms with Crippen LogP contribution in [0.1, 0.15) is 19.8 Å². The summed E-state index contributed by atoms with van der Waals surface area (Å²) in [6.07, 6.45) is 7.04. The number of terminal acetylenes is 1. The van der Waals surface area contributed by atoms with E-state index >= 15 is 0 Å². The van der Waals surface area contributed by atoms with Crippen LogP contribution in [0.15, 0.2) is 0 Å². The molecule has 1 aliphatic heterocycles. The van der Waals surface area contributed by atoms with E-state index in [1.807, 2.05) is 6.92 Å². The summed E-state index contributed by atoms with van der Waals surface area (Å²) in [7, 11) is -3.17. The number of sulfonamides is 1. The Bertz CT molecular complexity index is 339. The van der Waals surface area contributed by atoms with Gasteiger partial charge in [0.1, 0.15) is 0 Å². The Hall–Kier alpha value is -0.570. The maximum Gasteiger partial charge on any atom is 0.215 e. The lowest BCUT2D eigenvalue weighted by Gasteiger charge is -2.25. The zero-order valence-corrected chi connectivity index (χ0v) is 10.6. The van der Waals surface area contributed by atoms with E-state index in [1.54, 1.807) is 0 Å². The van der Waals surface area contributed by atoms with Gasteiger partial charge in [0.25, 0.3) is 0 Å². The lowest BCUT2D eigenvalue weighted by Crippen LogP contribution is -2.38. The van der Waals surface area contributed by atoms with Gasteiger partial charge in [-0.3, -0.25) is 0 Å². The zero-order valence-electron chi connectivity index (χ0n) is 9.78. The van der Waals surface area contributed by atoms with Gasteiger partial charge in [-0.1, -0.05) is 12.8 Å². The van der Waals surface area contributed by atoms with Crippen LogP contribution in [0.5, 0.6) is 0 Å². The molecule has 0 aromatic heterocycles. The number of rotatable bonds is 5. The summed E-state index contributed by atoms with van der Waals surface area (Å²) in [5.41, 5.74) is 0. The highest BCUT2D eigenvalue weighted by molar-refractivity contribution is 7.89. The van der Waals surface area contributed by atoms with Crippen molar-refractivity contribution in [2.75, 3.05) is 31.9 Å². The van der Waals surface area contributed by atoms with Gasteiger partial charge < -0.3 is 5.32 Å². The first-order chi connectivity index (χ1) is 7.60. The summed E-state index contributed by atoms with van der Waals surface area (Å²) in [5.74, 6) is 2.91. The Morgan fingerprint density at radius 3 is 2.56 bits per heavy atom. The molecular formula is C11H20N2O2S. The summed E-state index contributed by atoms with van der Waals surface area (Å²) in [5, 5.41) is 3.23. The molecule has 1 rings (SSSR count). The number of hydrogen-bond donors (Lipinski definition) is 1. The van der Waals surface area contributed by atoms with Gasteiger partial charge in [0.05, 0.1) is 12.3 Å². The Labute approximate surface area is 98.5 Å². The van der Waals surface area contributed by atoms with Crippen molar-refractivity contribution >= 4 is 10.0 Å². The maximum atomic E-state index is 12.0. The largest absolute Gasteiger partial charge is 0.317 e. The Morgan fingerprint density at radius 1 is 1.44 bits per heavy atom. The molecule has 0 spiro atoms. The molecule has 0 atom stereocenters. The van der Waals surface area contributed by atoms with E-state index in [0.717, 1.165) is 25.9 Å². The summed E-state index contributed by atoms with van der Waals surface area (Å²) in [6.45, 7) is 4.29. The minimum atomic E-state index is -3.17. The SMILES string of the molecule is C#CCN(CC)S(=O)(=O)CC1CCNCC1. The van der Waals surface area contributed by atoms with Gasteiger partial charge in [-0.05, 0) is 31.8 Å². The molecule has 0 aromatic rings. The van der Waals surface area contributed by atoms with Gasteiger partial charge in [0, 0.05) is 6.54 Å². The van der Waals surface area contributed by atoms with E-state index in [0.29, 0.717) is 6.54 Å². The highest BCUT2D eigenvalue weighted by atomic mass is 32.2. The van der Waals surface area contributed by atoms with Gasteiger partial charge in [-0.15, -0.1) is 6.42 Å². The van der Waals surface area contributed by atoms with Gasteiger partial charge >= 0.3 is 0 Å². The average Bonchev–Trinajstić information content (AvgIpc) is 2.26. The minimum Gasteiger partial charge on any atom is -0.317 e. The molecule has 1 fully saturated rings. The van der Waals surface area contributed by atoms with Gasteiger partial charge in [0.15, 0.2) is 0 Å². The first-order valence-corrected chi connectivity index (χ1v) is 7.33. The quantitative estimate of drug-likeness (QED) is 0.706. The standard InChI is InChI=1S/C11H20N2O2S/c1-3-9-13(4-2)16(14,15)10-11-5-7-12-8-6-11/h1,11-12H,4-10H2,2H3. The first kappa shape index (κ1) is 13.5. The van der Waals surface area contributed by atoms with Crippen LogP contribution in [0.4, 0.5) is 0 Å². The highest BCUT2D eigenvalue weighted by Crippen LogP contribution is 2.16. The van der Waals surface area contributed by atoms with Crippen molar-refractivity contribution in [3.05, 3.63) is 0 Å². The third-order valence-electron chi connectivity index (χ3n) is 2.92. The van der Waals surface area contributed by atoms with Gasteiger partial charge in [-0.25, -0.2) is 8.42 Å². The Kier molecular flexibility index (Phi) is 5.26. The first-order valence-electron chi connectivity index (χ1n) is 5.72. The molecule has 1 saturated heterocycles. The van der Waals surface area contributed by atoms with Crippen LogP contribution in [0.25, 0.3) is 0 Å². The van der Waals surface area contributed by atoms with Crippen LogP contribution in [-0.2, 0) is 10.0 Å². The van der Waals surface area contributed by atoms with Crippen LogP contribution >= 0.6 is 0 Å². The molecule has 1 aliphatic rings. The molecule has 1 N–H and O–H groups in total. The number of hydrogen-bond acceptors (Lipinski definition) is 3. The second-order valence-corrected chi connectivity index (χ2v) is 6.12. The lowest BCUT2D eigenvalue weighted by molar-refractivity contribution is 0.388. The fraction of sp³-hybridized carbons (Fsp3) is 0.818. The molecule has 0 unspecified atom stereocenters. The van der Waals surface area contributed by atoms with Crippen molar-refractivity contribution in [3.8, 4) is 12.3 Å². The van der Waals surface area contributed by atoms with Crippen LogP contribution in [-0.4, -0.2) is 44.7 Å². The number of nitrogens with zero attached hydrogens (tertiary/aromatic N) is 1. The molecule has 92 valence electrons. The summed E-state index contributed by atoms with van der Waals surface area (Å²) in [6, 6.07) is 0. The molecule has 0 bridgehead atoms. The third kappa shape index (κ3) is 3.78. The molecule has 1 heterocycles. The Morgan fingerprint density at radius 2 is 2.06 bits per heavy atom. The third-order valence-corrected chi connectivity index (χ3v) is 4.99. The molecule has 16 heavy (non-hydrogen) atoms. The van der Waals surface area contributed by atoms with Crippen molar-refractivity contribution in [2.24, 2.45) is 5.92 Å². The van der Waals surface area contributed by atoms with Crippen molar-refractivity contribution in [1.29, 1.82) is 0 Å². The molecule has 0 radical (unpaired) electrons. The Balaban J connectivity index is 2.58. The molecule has 0 saturated carbocycles. The summed E-state index contributed by atoms with van der Waals surface area (Å²) < 4.78 is 25.4. The van der Waals surface area contributed by atoms with Crippen LogP contribution in [0, 0.1) is 18.3 Å². The molecule has 0 aliphatic carbocycles. The van der Waals surface area contributed by atoms with E-state index in [9.17, 15) is 8.42 Å². The fourth-order valence-corrected chi connectivity index (χ4v) is 3.76. The normalized spacial score (nSPS) is 18.6. The van der Waals surface area contributed by atoms with Crippen LogP contribution in [0.2, 0.25) is 0 Å². The average molecular weight is 244 g/mol. The van der Waals surface area contributed by atoms with E-state index < -0.39 is 10.0 Å². The smallest absolute Gasteiger partial charge is 0.215 e. The van der Waals surface area contributed by atoms with Crippen LogP contribution in [0.3, 0.4) is 0 Å². The molecule has 0 amide bonds. The molecule has 4 nitrogen and oxygen atoms in total. The van der Waals surface area contributed by atoms with Gasteiger partial charge in [0.2, 0.25) is 10.0 Å². The van der Waals surface area contributed by atoms with Crippen molar-refractivity contribution in [1.82, 2.24) is 9.62 Å². The van der Waals surface area contributed by atoms with E-state index in [-0.39, 0.29) is 18.2 Å². The predicted molar refractivity (Wildman–Crippen MR) is 65.5 cm³/mol. The van der Waals surface area contributed by atoms with E-state index in [2.05, 4.69) is 11.2 Å². The van der Waals surface area contributed by atoms with Crippen LogP contribution < -0.4 is 5.32 Å². The van der Waals surface area contributed by atoms with Crippen molar-refractivity contribution in [3.63, 3.8) is 0 Å². The lowest BCUT2D eigenvalue weighted by atomic mass is 10.0. The molecule has 5 heteroatoms. The minimum absolute atomic E-state index is 0.184. The molecular weight excluding hydrogens is 224 g/mol. The van der Waals surface area contributed by atoms with Crippen molar-refractivity contribution < 1.29 is 8.42 Å². The second-order valence-electron chi connectivity index (χ2n) is 4.10. The topological polar surface area (TPSA) is 49.4 Å². The zero-order chi connectivity index (χ0) is 12.0. The van der Waals surface area contributed by atoms with E-state index in [1.165, 1.54) is 4.31 Å². The maximum absolute atomic E-state index is 12.0. The highest BCUT2D eigenvalue weighted by Gasteiger charge is 2.25. The predicted octanol–water partition coefficient (Wildman–Crippen LogP) is 0.271. The summed E-state index contributed by atoms with van der Waals surface area (Å²) in [4.78, 5) is 0. The number of piperidine rings is 1. The molecule has 0 aromatic carbocycles. The monoisotopic (exact) mass is 244 g/mol. The fourth-order valence-electron chi connectivity index (χ4n) is 1.96. The second kappa shape index (κ2) is 6.24. The van der Waals surface area contributed by atoms with Gasteiger partial charge in [-0.2, -0.15) is 4.31 Å².